The molecule has 0 fully saturated rings. The third-order valence-electron chi connectivity index (χ3n) is 2.33. The molecule has 0 saturated carbocycles. The van der Waals surface area contributed by atoms with E-state index in [1.807, 2.05) is 0 Å². The molecule has 0 unspecified atom stereocenters. The molecule has 0 aromatic rings. The molecular weight excluding hydrogens is 192 g/mol. The molecule has 3 heteroatoms. The van der Waals surface area contributed by atoms with E-state index in [-0.39, 0.29) is 6.61 Å². The number of aliphatic hydroxyl groups is 1. The van der Waals surface area contributed by atoms with Crippen LogP contribution in [0, 0.1) is 0 Å². The maximum absolute atomic E-state index is 8.48. The molecule has 0 heterocycles. The van der Waals surface area contributed by atoms with Crippen LogP contribution in [0.3, 0.4) is 0 Å². The van der Waals surface area contributed by atoms with Gasteiger partial charge >= 0.3 is 0 Å². The fourth-order valence-electron chi connectivity index (χ4n) is 1.42. The summed E-state index contributed by atoms with van der Waals surface area (Å²) in [5.41, 5.74) is 0. The highest BCUT2D eigenvalue weighted by Gasteiger charge is 2.01. The number of aliphatic hydroxyl groups excluding tert-OH is 1. The van der Waals surface area contributed by atoms with Crippen LogP contribution in [-0.4, -0.2) is 37.6 Å². The number of unbranched alkanes of at least 4 members (excludes halogenated alkanes) is 3. The second-order valence-electron chi connectivity index (χ2n) is 3.87. The Bertz CT molecular complexity index is 117. The summed E-state index contributed by atoms with van der Waals surface area (Å²) in [5.74, 6) is 0. The van der Waals surface area contributed by atoms with Crippen LogP contribution in [0.4, 0.5) is 0 Å². The minimum atomic E-state index is 0.0899. The fourth-order valence-corrected chi connectivity index (χ4v) is 1.42. The Balaban J connectivity index is 3.08. The van der Waals surface area contributed by atoms with Gasteiger partial charge < -0.3 is 14.6 Å². The molecular formula is C12H26O3. The molecule has 0 radical (unpaired) electrons. The van der Waals surface area contributed by atoms with Gasteiger partial charge in [0.05, 0.1) is 32.5 Å². The molecule has 0 bridgehead atoms. The molecule has 0 aliphatic heterocycles. The molecule has 0 amide bonds. The lowest BCUT2D eigenvalue weighted by molar-refractivity contribution is 0.000791. The monoisotopic (exact) mass is 218 g/mol. The van der Waals surface area contributed by atoms with Crippen LogP contribution in [0.25, 0.3) is 0 Å². The average Bonchev–Trinajstić information content (AvgIpc) is 2.24. The summed E-state index contributed by atoms with van der Waals surface area (Å²) in [6.07, 6.45) is 6.65. The van der Waals surface area contributed by atoms with Crippen molar-refractivity contribution in [2.75, 3.05) is 26.4 Å². The van der Waals surface area contributed by atoms with Crippen molar-refractivity contribution >= 4 is 0 Å². The average molecular weight is 218 g/mol. The van der Waals surface area contributed by atoms with E-state index >= 15 is 0 Å². The summed E-state index contributed by atoms with van der Waals surface area (Å²) in [6.45, 7) is 6.05. The second-order valence-corrected chi connectivity index (χ2v) is 3.87. The van der Waals surface area contributed by atoms with Gasteiger partial charge in [-0.3, -0.25) is 0 Å². The lowest BCUT2D eigenvalue weighted by Gasteiger charge is -2.12. The van der Waals surface area contributed by atoms with Crippen molar-refractivity contribution < 1.29 is 14.6 Å². The Hall–Kier alpha value is -0.120. The van der Waals surface area contributed by atoms with E-state index in [1.165, 1.54) is 25.7 Å². The van der Waals surface area contributed by atoms with Crippen LogP contribution >= 0.6 is 0 Å². The molecule has 0 aliphatic carbocycles. The van der Waals surface area contributed by atoms with E-state index in [4.69, 9.17) is 14.6 Å². The first-order valence-electron chi connectivity index (χ1n) is 6.11. The number of ether oxygens (including phenoxy) is 2. The Labute approximate surface area is 93.8 Å². The standard InChI is InChI=1S/C12H26O3/c1-3-4-5-6-7-12(2)15-11-10-14-9-8-13/h12-13H,3-11H2,1-2H3/t12-/m0/s1. The molecule has 0 saturated heterocycles. The summed E-state index contributed by atoms with van der Waals surface area (Å²) >= 11 is 0. The highest BCUT2D eigenvalue weighted by molar-refractivity contribution is 4.51. The van der Waals surface area contributed by atoms with Crippen molar-refractivity contribution in [3.63, 3.8) is 0 Å². The summed E-state index contributed by atoms with van der Waals surface area (Å²) in [7, 11) is 0. The van der Waals surface area contributed by atoms with Gasteiger partial charge in [0, 0.05) is 0 Å². The normalized spacial score (nSPS) is 13.0. The summed E-state index contributed by atoms with van der Waals surface area (Å²) in [4.78, 5) is 0. The molecule has 15 heavy (non-hydrogen) atoms. The first-order valence-corrected chi connectivity index (χ1v) is 6.11. The predicted octanol–water partition coefficient (Wildman–Crippen LogP) is 2.37. The van der Waals surface area contributed by atoms with E-state index in [9.17, 15) is 0 Å². The van der Waals surface area contributed by atoms with Gasteiger partial charge in [0.1, 0.15) is 0 Å². The zero-order chi connectivity index (χ0) is 11.4. The lowest BCUT2D eigenvalue weighted by atomic mass is 10.1. The van der Waals surface area contributed by atoms with E-state index in [0.717, 1.165) is 6.42 Å². The van der Waals surface area contributed by atoms with Gasteiger partial charge in [0.2, 0.25) is 0 Å². The SMILES string of the molecule is CCCCCC[C@H](C)OCCOCCO. The number of hydrogen-bond acceptors (Lipinski definition) is 3. The molecule has 0 rings (SSSR count). The molecule has 1 N–H and O–H groups in total. The van der Waals surface area contributed by atoms with Crippen molar-refractivity contribution in [3.8, 4) is 0 Å². The zero-order valence-corrected chi connectivity index (χ0v) is 10.2. The molecule has 0 aliphatic rings. The van der Waals surface area contributed by atoms with E-state index < -0.39 is 0 Å². The van der Waals surface area contributed by atoms with Crippen LogP contribution < -0.4 is 0 Å². The third-order valence-corrected chi connectivity index (χ3v) is 2.33. The van der Waals surface area contributed by atoms with E-state index in [1.54, 1.807) is 0 Å². The summed E-state index contributed by atoms with van der Waals surface area (Å²) in [5, 5.41) is 8.48. The third kappa shape index (κ3) is 11.8. The van der Waals surface area contributed by atoms with Gasteiger partial charge in [0.25, 0.3) is 0 Å². The van der Waals surface area contributed by atoms with Crippen molar-refractivity contribution in [2.24, 2.45) is 0 Å². The minimum absolute atomic E-state index is 0.0899. The van der Waals surface area contributed by atoms with Gasteiger partial charge in [-0.15, -0.1) is 0 Å². The highest BCUT2D eigenvalue weighted by atomic mass is 16.5. The molecule has 3 nitrogen and oxygen atoms in total. The maximum atomic E-state index is 8.48. The van der Waals surface area contributed by atoms with E-state index in [0.29, 0.717) is 25.9 Å². The largest absolute Gasteiger partial charge is 0.394 e. The maximum Gasteiger partial charge on any atom is 0.0704 e. The number of rotatable bonds is 11. The summed E-state index contributed by atoms with van der Waals surface area (Å²) < 4.78 is 10.7. The Morgan fingerprint density at radius 2 is 1.87 bits per heavy atom. The molecule has 0 aromatic carbocycles. The van der Waals surface area contributed by atoms with Crippen molar-refractivity contribution in [1.82, 2.24) is 0 Å². The van der Waals surface area contributed by atoms with Crippen LogP contribution in [-0.2, 0) is 9.47 Å². The smallest absolute Gasteiger partial charge is 0.0704 e. The Morgan fingerprint density at radius 1 is 1.07 bits per heavy atom. The lowest BCUT2D eigenvalue weighted by Crippen LogP contribution is -2.13. The number of hydrogen-bond donors (Lipinski definition) is 1. The Kier molecular flexibility index (Phi) is 11.9. The van der Waals surface area contributed by atoms with Crippen LogP contribution in [0.1, 0.15) is 46.0 Å². The predicted molar refractivity (Wildman–Crippen MR) is 62.1 cm³/mol. The summed E-state index contributed by atoms with van der Waals surface area (Å²) in [6, 6.07) is 0. The molecule has 92 valence electrons. The fraction of sp³-hybridized carbons (Fsp3) is 1.00. The first kappa shape index (κ1) is 14.9. The molecule has 1 atom stereocenters. The topological polar surface area (TPSA) is 38.7 Å². The van der Waals surface area contributed by atoms with Gasteiger partial charge in [-0.1, -0.05) is 32.6 Å². The van der Waals surface area contributed by atoms with Gasteiger partial charge in [-0.05, 0) is 13.3 Å². The first-order chi connectivity index (χ1) is 7.31. The minimum Gasteiger partial charge on any atom is -0.394 e. The zero-order valence-electron chi connectivity index (χ0n) is 10.2. The van der Waals surface area contributed by atoms with Crippen molar-refractivity contribution in [2.45, 2.75) is 52.1 Å². The van der Waals surface area contributed by atoms with E-state index in [2.05, 4.69) is 13.8 Å². The van der Waals surface area contributed by atoms with Crippen LogP contribution in [0.2, 0.25) is 0 Å². The van der Waals surface area contributed by atoms with Crippen LogP contribution in [0.5, 0.6) is 0 Å². The Morgan fingerprint density at radius 3 is 2.53 bits per heavy atom. The van der Waals surface area contributed by atoms with Crippen LogP contribution in [0.15, 0.2) is 0 Å². The molecule has 0 spiro atoms. The quantitative estimate of drug-likeness (QED) is 0.541. The van der Waals surface area contributed by atoms with Gasteiger partial charge in [0.15, 0.2) is 0 Å². The van der Waals surface area contributed by atoms with Gasteiger partial charge in [-0.25, -0.2) is 0 Å². The van der Waals surface area contributed by atoms with Gasteiger partial charge in [-0.2, -0.15) is 0 Å². The molecule has 0 aromatic heterocycles. The second kappa shape index (κ2) is 12.0. The van der Waals surface area contributed by atoms with Crippen molar-refractivity contribution in [3.05, 3.63) is 0 Å². The highest BCUT2D eigenvalue weighted by Crippen LogP contribution is 2.07. The van der Waals surface area contributed by atoms with Crippen molar-refractivity contribution in [1.29, 1.82) is 0 Å².